The molecule has 0 radical (unpaired) electrons. The van der Waals surface area contributed by atoms with Crippen molar-refractivity contribution in [2.24, 2.45) is 7.05 Å². The van der Waals surface area contributed by atoms with Crippen LogP contribution < -0.4 is 4.74 Å². The highest BCUT2D eigenvalue weighted by atomic mass is 19.1. The number of aryl methyl sites for hydroxylation is 2. The molecule has 0 spiro atoms. The van der Waals surface area contributed by atoms with Crippen LogP contribution in [0.4, 0.5) is 4.39 Å². The van der Waals surface area contributed by atoms with E-state index in [4.69, 9.17) is 19.2 Å². The molecule has 1 N–H and O–H groups in total. The highest BCUT2D eigenvalue weighted by Gasteiger charge is 2.37. The number of benzene rings is 1. The smallest absolute Gasteiger partial charge is 0.337 e. The number of nitrogens with zero attached hydrogens (tertiary/aromatic N) is 4. The van der Waals surface area contributed by atoms with E-state index in [0.29, 0.717) is 64.7 Å². The third-order valence-corrected chi connectivity index (χ3v) is 9.91. The fraction of sp³-hybridized carbons (Fsp3) is 0.583. The number of rotatable bonds is 6. The molecule has 2 saturated heterocycles. The van der Waals surface area contributed by atoms with Crippen LogP contribution in [0.5, 0.6) is 5.75 Å². The number of piperazine rings is 1. The van der Waals surface area contributed by atoms with Crippen LogP contribution in [0.3, 0.4) is 0 Å². The Morgan fingerprint density at radius 2 is 1.85 bits per heavy atom. The van der Waals surface area contributed by atoms with Crippen molar-refractivity contribution >= 4 is 22.9 Å². The first-order valence-electron chi connectivity index (χ1n) is 16.7. The van der Waals surface area contributed by atoms with Crippen LogP contribution in [-0.2, 0) is 27.7 Å². The van der Waals surface area contributed by atoms with E-state index in [-0.39, 0.29) is 17.7 Å². The maximum Gasteiger partial charge on any atom is 0.337 e. The van der Waals surface area contributed by atoms with Crippen molar-refractivity contribution in [3.05, 3.63) is 46.0 Å². The molecule has 1 amide bonds. The second-order valence-corrected chi connectivity index (χ2v) is 14.2. The van der Waals surface area contributed by atoms with Crippen molar-refractivity contribution in [3.8, 4) is 16.9 Å². The Labute approximate surface area is 275 Å². The molecule has 3 aromatic rings. The van der Waals surface area contributed by atoms with Crippen molar-refractivity contribution in [1.29, 1.82) is 0 Å². The monoisotopic (exact) mass is 650 g/mol. The molecule has 10 nitrogen and oxygen atoms in total. The summed E-state index contributed by atoms with van der Waals surface area (Å²) in [7, 11) is 1.81. The van der Waals surface area contributed by atoms with Gasteiger partial charge in [-0.2, -0.15) is 0 Å². The number of fused-ring (bicyclic) bond motifs is 2. The maximum absolute atomic E-state index is 15.8. The molecule has 2 aromatic heterocycles. The molecule has 1 aromatic carbocycles. The average Bonchev–Trinajstić information content (AvgIpc) is 3.36. The van der Waals surface area contributed by atoms with Gasteiger partial charge in [0.15, 0.2) is 17.7 Å². The van der Waals surface area contributed by atoms with Crippen LogP contribution in [0.1, 0.15) is 85.9 Å². The van der Waals surface area contributed by atoms with E-state index >= 15 is 4.39 Å². The minimum Gasteiger partial charge on any atom is -0.490 e. The van der Waals surface area contributed by atoms with Crippen LogP contribution in [-0.4, -0.2) is 93.5 Å². The largest absolute Gasteiger partial charge is 0.490 e. The van der Waals surface area contributed by atoms with Crippen molar-refractivity contribution in [1.82, 2.24) is 19.4 Å². The number of carbonyl (C=O) groups excluding carboxylic acids is 1. The van der Waals surface area contributed by atoms with Gasteiger partial charge in [-0.15, -0.1) is 0 Å². The van der Waals surface area contributed by atoms with Gasteiger partial charge in [-0.3, -0.25) is 9.69 Å². The summed E-state index contributed by atoms with van der Waals surface area (Å²) < 4.78 is 35.0. The van der Waals surface area contributed by atoms with Crippen LogP contribution in [0.25, 0.3) is 22.2 Å². The highest BCUT2D eigenvalue weighted by molar-refractivity contribution is 6.05. The zero-order valence-electron chi connectivity index (χ0n) is 28.6. The van der Waals surface area contributed by atoms with E-state index in [2.05, 4.69) is 11.8 Å². The predicted octanol–water partition coefficient (Wildman–Crippen LogP) is 5.59. The molecule has 3 aliphatic heterocycles. The Bertz CT molecular complexity index is 1710. The zero-order valence-corrected chi connectivity index (χ0v) is 28.6. The highest BCUT2D eigenvalue weighted by Crippen LogP contribution is 2.45. The van der Waals surface area contributed by atoms with E-state index in [9.17, 15) is 14.7 Å². The van der Waals surface area contributed by atoms with E-state index in [1.54, 1.807) is 38.3 Å². The number of carboxylic acids is 1. The lowest BCUT2D eigenvalue weighted by molar-refractivity contribution is -0.160. The van der Waals surface area contributed by atoms with Crippen molar-refractivity contribution in [3.63, 3.8) is 0 Å². The molecule has 0 aliphatic carbocycles. The van der Waals surface area contributed by atoms with E-state index < -0.39 is 23.5 Å². The van der Waals surface area contributed by atoms with Gasteiger partial charge in [0.2, 0.25) is 0 Å². The van der Waals surface area contributed by atoms with Crippen molar-refractivity contribution in [2.45, 2.75) is 91.0 Å². The first-order chi connectivity index (χ1) is 22.3. The van der Waals surface area contributed by atoms with Crippen LogP contribution >= 0.6 is 0 Å². The molecule has 2 fully saturated rings. The molecule has 3 aliphatic rings. The maximum atomic E-state index is 15.8. The van der Waals surface area contributed by atoms with Gasteiger partial charge in [-0.05, 0) is 90.5 Å². The standard InChI is InChI=1S/C36H47FN4O6/c1-20-19-40(23-10-15-45-16-11-23)12-13-41(20)34(42)28-18-26-30(25-17-27(37)31-24(21(25)2)9-8-14-46-31)29(22(3)38-33(26)39(28)7)32(35(43)44)47-36(4,5)6/h17-18,20,23,32H,8-16,19H2,1-7H3,(H,43,44)/t20-,32+/m1/s1. The van der Waals surface area contributed by atoms with E-state index in [0.717, 1.165) is 56.7 Å². The van der Waals surface area contributed by atoms with E-state index in [1.807, 2.05) is 18.9 Å². The summed E-state index contributed by atoms with van der Waals surface area (Å²) in [6.45, 7) is 15.3. The van der Waals surface area contributed by atoms with Gasteiger partial charge in [0.25, 0.3) is 5.91 Å². The van der Waals surface area contributed by atoms with Crippen molar-refractivity contribution < 1.29 is 33.3 Å². The lowest BCUT2D eigenvalue weighted by Crippen LogP contribution is -2.57. The summed E-state index contributed by atoms with van der Waals surface area (Å²) in [6, 6.07) is 3.69. The predicted molar refractivity (Wildman–Crippen MR) is 177 cm³/mol. The molecular weight excluding hydrogens is 603 g/mol. The number of carboxylic acid groups (broad SMARTS) is 1. The molecule has 5 heterocycles. The molecule has 2 atom stereocenters. The molecule has 11 heteroatoms. The Hall–Kier alpha value is -3.54. The third-order valence-electron chi connectivity index (χ3n) is 9.91. The summed E-state index contributed by atoms with van der Waals surface area (Å²) >= 11 is 0. The summed E-state index contributed by atoms with van der Waals surface area (Å²) in [5.41, 5.74) is 3.60. The number of carbonyl (C=O) groups is 2. The van der Waals surface area contributed by atoms with E-state index in [1.165, 1.54) is 6.07 Å². The summed E-state index contributed by atoms with van der Waals surface area (Å²) in [5.74, 6) is -1.54. The number of halogens is 1. The van der Waals surface area contributed by atoms with Crippen LogP contribution in [0, 0.1) is 19.7 Å². The van der Waals surface area contributed by atoms with Gasteiger partial charge >= 0.3 is 5.97 Å². The number of aromatic nitrogens is 2. The van der Waals surface area contributed by atoms with Gasteiger partial charge in [-0.1, -0.05) is 0 Å². The van der Waals surface area contributed by atoms with Gasteiger partial charge in [0, 0.05) is 79.7 Å². The molecule has 0 bridgehead atoms. The topological polar surface area (TPSA) is 106 Å². The van der Waals surface area contributed by atoms with Crippen LogP contribution in [0.15, 0.2) is 12.1 Å². The van der Waals surface area contributed by atoms with Gasteiger partial charge in [-0.25, -0.2) is 14.2 Å². The van der Waals surface area contributed by atoms with Gasteiger partial charge in [0.05, 0.1) is 12.2 Å². The second-order valence-electron chi connectivity index (χ2n) is 14.2. The third kappa shape index (κ3) is 6.25. The number of amides is 1. The number of pyridine rings is 1. The molecular formula is C36H47FN4O6. The molecule has 0 unspecified atom stereocenters. The number of hydrogen-bond acceptors (Lipinski definition) is 7. The molecule has 47 heavy (non-hydrogen) atoms. The zero-order chi connectivity index (χ0) is 33.8. The first kappa shape index (κ1) is 33.4. The Morgan fingerprint density at radius 1 is 1.13 bits per heavy atom. The fourth-order valence-electron chi connectivity index (χ4n) is 7.59. The first-order valence-corrected chi connectivity index (χ1v) is 16.7. The number of ether oxygens (including phenoxy) is 3. The second kappa shape index (κ2) is 12.8. The number of hydrogen-bond donors (Lipinski definition) is 1. The summed E-state index contributed by atoms with van der Waals surface area (Å²) in [5, 5.41) is 11.1. The summed E-state index contributed by atoms with van der Waals surface area (Å²) in [6.07, 6.45) is 2.03. The quantitative estimate of drug-likeness (QED) is 0.368. The molecule has 6 rings (SSSR count). The molecule has 0 saturated carbocycles. The van der Waals surface area contributed by atoms with Crippen LogP contribution in [0.2, 0.25) is 0 Å². The SMILES string of the molecule is Cc1nc2c(cc(C(=O)N3CCN(C4CCOCC4)C[C@H]3C)n2C)c(-c2cc(F)c3c(c2C)CCCO3)c1[C@H](OC(C)(C)C)C(=O)O. The minimum atomic E-state index is -1.38. The Balaban J connectivity index is 1.50. The fourth-order valence-corrected chi connectivity index (χ4v) is 7.59. The number of aliphatic carboxylic acids is 1. The lowest BCUT2D eigenvalue weighted by Gasteiger charge is -2.44. The normalized spacial score (nSPS) is 20.3. The van der Waals surface area contributed by atoms with Crippen molar-refractivity contribution in [2.75, 3.05) is 39.5 Å². The lowest BCUT2D eigenvalue weighted by atomic mass is 9.86. The summed E-state index contributed by atoms with van der Waals surface area (Å²) in [4.78, 5) is 36.4. The van der Waals surface area contributed by atoms with Gasteiger partial charge < -0.3 is 28.8 Å². The Kier molecular flexibility index (Phi) is 9.10. The molecule has 254 valence electrons. The van der Waals surface area contributed by atoms with Gasteiger partial charge in [0.1, 0.15) is 11.3 Å². The minimum absolute atomic E-state index is 0.00426. The Morgan fingerprint density at radius 3 is 2.51 bits per heavy atom. The average molecular weight is 651 g/mol.